The third-order valence-electron chi connectivity index (χ3n) is 3.56. The number of phenols is 1. The Hall–Kier alpha value is -2.44. The number of amides is 1. The molecule has 1 aliphatic carbocycles. The summed E-state index contributed by atoms with van der Waals surface area (Å²) in [6.07, 6.45) is 6.38. The Morgan fingerprint density at radius 3 is 2.76 bits per heavy atom. The minimum absolute atomic E-state index is 0.00468. The molecule has 1 saturated carbocycles. The highest BCUT2D eigenvalue weighted by atomic mass is 16.6. The Balaban J connectivity index is 1.96. The van der Waals surface area contributed by atoms with Crippen LogP contribution in [0.2, 0.25) is 0 Å². The molecule has 0 saturated heterocycles. The number of nitro benzene ring substituents is 1. The van der Waals surface area contributed by atoms with Crippen LogP contribution in [0.4, 0.5) is 5.69 Å². The van der Waals surface area contributed by atoms with E-state index in [1.807, 2.05) is 0 Å². The maximum atomic E-state index is 11.8. The first kappa shape index (κ1) is 15.0. The van der Waals surface area contributed by atoms with Crippen molar-refractivity contribution < 1.29 is 14.8 Å². The molecule has 0 heterocycles. The van der Waals surface area contributed by atoms with E-state index < -0.39 is 16.4 Å². The summed E-state index contributed by atoms with van der Waals surface area (Å²) in [7, 11) is 0. The van der Waals surface area contributed by atoms with Gasteiger partial charge in [0.1, 0.15) is 0 Å². The lowest BCUT2D eigenvalue weighted by Gasteiger charge is -2.19. The minimum atomic E-state index is -0.673. The number of nitro groups is 1. The van der Waals surface area contributed by atoms with Gasteiger partial charge in [0.15, 0.2) is 5.75 Å². The third kappa shape index (κ3) is 4.01. The van der Waals surface area contributed by atoms with Crippen molar-refractivity contribution in [1.82, 2.24) is 5.43 Å². The number of carbonyl (C=O) groups excluding carboxylic acids is 1. The number of rotatable bonds is 4. The van der Waals surface area contributed by atoms with E-state index in [1.54, 1.807) is 0 Å². The predicted octanol–water partition coefficient (Wildman–Crippen LogP) is 2.33. The number of hydrazone groups is 1. The molecular weight excluding hydrogens is 274 g/mol. The maximum Gasteiger partial charge on any atom is 0.311 e. The van der Waals surface area contributed by atoms with Gasteiger partial charge in [0.05, 0.1) is 11.1 Å². The molecule has 2 N–H and O–H groups in total. The summed E-state index contributed by atoms with van der Waals surface area (Å²) in [6, 6.07) is 3.91. The van der Waals surface area contributed by atoms with Crippen molar-refractivity contribution in [2.75, 3.05) is 0 Å². The topological polar surface area (TPSA) is 105 Å². The van der Waals surface area contributed by atoms with Crippen LogP contribution in [0.15, 0.2) is 23.3 Å². The lowest BCUT2D eigenvalue weighted by atomic mass is 9.89. The predicted molar refractivity (Wildman–Crippen MR) is 77.1 cm³/mol. The Morgan fingerprint density at radius 2 is 2.10 bits per heavy atom. The second-order valence-corrected chi connectivity index (χ2v) is 5.07. The van der Waals surface area contributed by atoms with Crippen molar-refractivity contribution in [3.05, 3.63) is 33.9 Å². The molecule has 0 atom stereocenters. The number of nitrogens with one attached hydrogen (secondary N) is 1. The molecule has 0 aromatic heterocycles. The fourth-order valence-corrected chi connectivity index (χ4v) is 2.39. The number of aromatic hydroxyl groups is 1. The minimum Gasteiger partial charge on any atom is -0.502 e. The molecule has 2 rings (SSSR count). The van der Waals surface area contributed by atoms with Crippen LogP contribution in [-0.2, 0) is 4.79 Å². The standard InChI is InChI=1S/C14H17N3O4/c18-13-7-6-10(8-12(13)17(20)21)9-15-16-14(19)11-4-2-1-3-5-11/h6-9,11,18H,1-5H2,(H,16,19)/b15-9-. The van der Waals surface area contributed by atoms with Gasteiger partial charge in [-0.1, -0.05) is 19.3 Å². The van der Waals surface area contributed by atoms with Crippen LogP contribution >= 0.6 is 0 Å². The van der Waals surface area contributed by atoms with Crippen molar-refractivity contribution >= 4 is 17.8 Å². The number of hydrogen-bond donors (Lipinski definition) is 2. The van der Waals surface area contributed by atoms with Gasteiger partial charge >= 0.3 is 5.69 Å². The lowest BCUT2D eigenvalue weighted by molar-refractivity contribution is -0.385. The molecule has 1 aromatic carbocycles. The molecule has 0 aliphatic heterocycles. The Morgan fingerprint density at radius 1 is 1.38 bits per heavy atom. The number of hydrogen-bond acceptors (Lipinski definition) is 5. The third-order valence-corrected chi connectivity index (χ3v) is 3.56. The van der Waals surface area contributed by atoms with E-state index in [2.05, 4.69) is 10.5 Å². The van der Waals surface area contributed by atoms with Gasteiger partial charge in [0, 0.05) is 17.5 Å². The highest BCUT2D eigenvalue weighted by Crippen LogP contribution is 2.25. The van der Waals surface area contributed by atoms with Crippen LogP contribution < -0.4 is 5.43 Å². The highest BCUT2D eigenvalue weighted by molar-refractivity contribution is 5.84. The summed E-state index contributed by atoms with van der Waals surface area (Å²) in [5.74, 6) is -0.507. The largest absolute Gasteiger partial charge is 0.502 e. The Labute approximate surface area is 121 Å². The molecule has 0 radical (unpaired) electrons. The number of carbonyl (C=O) groups is 1. The molecule has 0 unspecified atom stereocenters. The summed E-state index contributed by atoms with van der Waals surface area (Å²) in [6.45, 7) is 0. The fourth-order valence-electron chi connectivity index (χ4n) is 2.39. The van der Waals surface area contributed by atoms with Gasteiger partial charge in [-0.05, 0) is 25.0 Å². The zero-order chi connectivity index (χ0) is 15.2. The summed E-state index contributed by atoms with van der Waals surface area (Å²) < 4.78 is 0. The van der Waals surface area contributed by atoms with Gasteiger partial charge in [-0.3, -0.25) is 14.9 Å². The summed E-state index contributed by atoms with van der Waals surface area (Å²) in [5.41, 5.74) is 2.50. The van der Waals surface area contributed by atoms with Gasteiger partial charge in [-0.2, -0.15) is 5.10 Å². The molecule has 0 bridgehead atoms. The average molecular weight is 291 g/mol. The zero-order valence-electron chi connectivity index (χ0n) is 11.5. The molecule has 1 amide bonds. The summed E-state index contributed by atoms with van der Waals surface area (Å²) in [5, 5.41) is 23.8. The quantitative estimate of drug-likeness (QED) is 0.504. The molecule has 1 aromatic rings. The van der Waals surface area contributed by atoms with Gasteiger partial charge in [-0.25, -0.2) is 5.43 Å². The molecule has 112 valence electrons. The van der Waals surface area contributed by atoms with E-state index in [9.17, 15) is 20.0 Å². The molecule has 7 nitrogen and oxygen atoms in total. The van der Waals surface area contributed by atoms with E-state index in [0.29, 0.717) is 5.56 Å². The van der Waals surface area contributed by atoms with Crippen molar-refractivity contribution in [2.45, 2.75) is 32.1 Å². The number of benzene rings is 1. The normalized spacial score (nSPS) is 16.0. The molecule has 0 spiro atoms. The van der Waals surface area contributed by atoms with E-state index >= 15 is 0 Å². The van der Waals surface area contributed by atoms with Crippen LogP contribution in [0.25, 0.3) is 0 Å². The first-order chi connectivity index (χ1) is 10.1. The van der Waals surface area contributed by atoms with Crippen LogP contribution in [0.5, 0.6) is 5.75 Å². The van der Waals surface area contributed by atoms with Crippen LogP contribution in [0.3, 0.4) is 0 Å². The van der Waals surface area contributed by atoms with E-state index in [1.165, 1.54) is 30.8 Å². The first-order valence-corrected chi connectivity index (χ1v) is 6.88. The summed E-state index contributed by atoms with van der Waals surface area (Å²) in [4.78, 5) is 21.9. The van der Waals surface area contributed by atoms with Crippen molar-refractivity contribution in [2.24, 2.45) is 11.0 Å². The number of phenolic OH excluding ortho intramolecular Hbond substituents is 1. The van der Waals surface area contributed by atoms with Gasteiger partial charge in [-0.15, -0.1) is 0 Å². The fraction of sp³-hybridized carbons (Fsp3) is 0.429. The van der Waals surface area contributed by atoms with Crippen LogP contribution in [-0.4, -0.2) is 22.2 Å². The molecule has 1 fully saturated rings. The molecular formula is C14H17N3O4. The van der Waals surface area contributed by atoms with E-state index in [-0.39, 0.29) is 11.8 Å². The summed E-state index contributed by atoms with van der Waals surface area (Å²) >= 11 is 0. The first-order valence-electron chi connectivity index (χ1n) is 6.88. The average Bonchev–Trinajstić information content (AvgIpc) is 2.49. The monoisotopic (exact) mass is 291 g/mol. The Bertz CT molecular complexity index is 565. The van der Waals surface area contributed by atoms with Crippen molar-refractivity contribution in [1.29, 1.82) is 0 Å². The van der Waals surface area contributed by atoms with Crippen LogP contribution in [0.1, 0.15) is 37.7 Å². The smallest absolute Gasteiger partial charge is 0.311 e. The Kier molecular flexibility index (Phi) is 4.86. The number of nitrogens with zero attached hydrogens (tertiary/aromatic N) is 2. The molecule has 1 aliphatic rings. The molecule has 7 heteroatoms. The van der Waals surface area contributed by atoms with Crippen molar-refractivity contribution in [3.8, 4) is 5.75 Å². The zero-order valence-corrected chi connectivity index (χ0v) is 11.5. The second kappa shape index (κ2) is 6.83. The van der Waals surface area contributed by atoms with Gasteiger partial charge < -0.3 is 5.11 Å². The molecule has 21 heavy (non-hydrogen) atoms. The van der Waals surface area contributed by atoms with Crippen molar-refractivity contribution in [3.63, 3.8) is 0 Å². The SMILES string of the molecule is O=C(N/N=C\c1ccc(O)c([N+](=O)[O-])c1)C1CCCCC1. The van der Waals surface area contributed by atoms with E-state index in [4.69, 9.17) is 0 Å². The lowest BCUT2D eigenvalue weighted by Crippen LogP contribution is -2.28. The second-order valence-electron chi connectivity index (χ2n) is 5.07. The maximum absolute atomic E-state index is 11.8. The van der Waals surface area contributed by atoms with Gasteiger partial charge in [0.25, 0.3) is 0 Å². The van der Waals surface area contributed by atoms with Gasteiger partial charge in [0.2, 0.25) is 5.91 Å². The van der Waals surface area contributed by atoms with Crippen LogP contribution in [0, 0.1) is 16.0 Å². The highest BCUT2D eigenvalue weighted by Gasteiger charge is 2.20. The van der Waals surface area contributed by atoms with E-state index in [0.717, 1.165) is 25.7 Å².